The van der Waals surface area contributed by atoms with Crippen LogP contribution in [-0.2, 0) is 4.79 Å². The highest BCUT2D eigenvalue weighted by Crippen LogP contribution is 2.23. The minimum atomic E-state index is -1.37. The van der Waals surface area contributed by atoms with Crippen molar-refractivity contribution in [3.63, 3.8) is 0 Å². The van der Waals surface area contributed by atoms with E-state index in [1.165, 1.54) is 0 Å². The van der Waals surface area contributed by atoms with Crippen molar-refractivity contribution in [3.8, 4) is 0 Å². The molecule has 8 heteroatoms. The summed E-state index contributed by atoms with van der Waals surface area (Å²) in [7, 11) is 0. The second-order valence-corrected chi connectivity index (χ2v) is 11.9. The van der Waals surface area contributed by atoms with E-state index >= 15 is 0 Å². The maximum atomic E-state index is 13.5. The Morgan fingerprint density at radius 3 is 1.97 bits per heavy atom. The van der Waals surface area contributed by atoms with E-state index in [9.17, 15) is 24.6 Å². The molecular formula is C31H53N3O5. The van der Waals surface area contributed by atoms with Crippen LogP contribution < -0.4 is 10.6 Å². The number of nitrogens with one attached hydrogen (secondary N) is 2. The van der Waals surface area contributed by atoms with Gasteiger partial charge in [0.05, 0.1) is 18.1 Å². The molecule has 1 aromatic rings. The lowest BCUT2D eigenvalue weighted by Gasteiger charge is -2.34. The van der Waals surface area contributed by atoms with Gasteiger partial charge in [-0.1, -0.05) is 61.5 Å². The van der Waals surface area contributed by atoms with Crippen LogP contribution in [0.15, 0.2) is 18.2 Å². The number of nitrogens with zero attached hydrogens (tertiary/aromatic N) is 1. The lowest BCUT2D eigenvalue weighted by atomic mass is 9.83. The van der Waals surface area contributed by atoms with Crippen molar-refractivity contribution < 1.29 is 24.6 Å². The maximum Gasteiger partial charge on any atom is 0.253 e. The van der Waals surface area contributed by atoms with Gasteiger partial charge < -0.3 is 25.7 Å². The quantitative estimate of drug-likeness (QED) is 0.248. The molecule has 0 aliphatic heterocycles. The SMILES string of the molecule is CCCN(CCC)C(=O)c1ccc(C)c(C(=O)N[C@@H](CC(C)C)[C@@H](O)[C@H](O)[C@H](C(=O)NCC(C)C)C(C)C)c1. The summed E-state index contributed by atoms with van der Waals surface area (Å²) in [5, 5.41) is 28.2. The van der Waals surface area contributed by atoms with Crippen molar-refractivity contribution in [2.24, 2.45) is 23.7 Å². The Bertz CT molecular complexity index is 925. The Morgan fingerprint density at radius 1 is 0.897 bits per heavy atom. The zero-order valence-electron chi connectivity index (χ0n) is 25.6. The van der Waals surface area contributed by atoms with Gasteiger partial charge in [-0.05, 0) is 61.6 Å². The molecule has 0 saturated heterocycles. The molecule has 0 aromatic heterocycles. The Hall–Kier alpha value is -2.45. The molecule has 0 heterocycles. The van der Waals surface area contributed by atoms with Gasteiger partial charge in [-0.3, -0.25) is 14.4 Å². The molecule has 8 nitrogen and oxygen atoms in total. The highest BCUT2D eigenvalue weighted by Gasteiger charge is 2.38. The first-order valence-corrected chi connectivity index (χ1v) is 14.6. The Balaban J connectivity index is 3.24. The average Bonchev–Trinajstić information content (AvgIpc) is 2.85. The third-order valence-electron chi connectivity index (χ3n) is 6.88. The minimum Gasteiger partial charge on any atom is -0.390 e. The molecule has 3 amide bonds. The number of aliphatic hydroxyl groups excluding tert-OH is 2. The van der Waals surface area contributed by atoms with E-state index in [4.69, 9.17) is 0 Å². The predicted molar refractivity (Wildman–Crippen MR) is 157 cm³/mol. The number of aliphatic hydroxyl groups is 2. The normalized spacial score (nSPS) is 14.7. The molecule has 0 bridgehead atoms. The molecule has 4 atom stereocenters. The summed E-state index contributed by atoms with van der Waals surface area (Å²) >= 11 is 0. The molecule has 222 valence electrons. The van der Waals surface area contributed by atoms with Gasteiger partial charge in [0.1, 0.15) is 6.10 Å². The summed E-state index contributed by atoms with van der Waals surface area (Å²) in [4.78, 5) is 41.4. The van der Waals surface area contributed by atoms with Crippen LogP contribution in [0.5, 0.6) is 0 Å². The monoisotopic (exact) mass is 547 g/mol. The van der Waals surface area contributed by atoms with Crippen molar-refractivity contribution in [2.75, 3.05) is 19.6 Å². The molecule has 0 aliphatic rings. The number of benzene rings is 1. The highest BCUT2D eigenvalue weighted by atomic mass is 16.3. The molecule has 0 saturated carbocycles. The fourth-order valence-corrected chi connectivity index (χ4v) is 4.80. The van der Waals surface area contributed by atoms with Crippen molar-refractivity contribution in [2.45, 2.75) is 99.8 Å². The Labute approximate surface area is 235 Å². The van der Waals surface area contributed by atoms with Gasteiger partial charge in [-0.2, -0.15) is 0 Å². The first-order chi connectivity index (χ1) is 18.2. The van der Waals surface area contributed by atoms with Gasteiger partial charge in [0.25, 0.3) is 11.8 Å². The summed E-state index contributed by atoms with van der Waals surface area (Å²) in [5.74, 6) is -1.57. The zero-order chi connectivity index (χ0) is 29.9. The van der Waals surface area contributed by atoms with E-state index in [2.05, 4.69) is 10.6 Å². The number of amides is 3. The van der Waals surface area contributed by atoms with Gasteiger partial charge in [0.15, 0.2) is 0 Å². The standard InChI is InChI=1S/C31H53N3O5/c1-10-14-34(15-11-2)31(39)23-13-12-22(9)24(17-23)29(37)33-25(16-19(3)4)27(35)28(36)26(21(7)8)30(38)32-18-20(5)6/h12-13,17,19-21,25-28,35-36H,10-11,14-16,18H2,1-9H3,(H,32,38)(H,33,37)/t25-,26+,27+,28+/m0/s1. The molecule has 0 aliphatic carbocycles. The summed E-state index contributed by atoms with van der Waals surface area (Å²) in [6.07, 6.45) is -0.639. The summed E-state index contributed by atoms with van der Waals surface area (Å²) in [6, 6.07) is 4.31. The highest BCUT2D eigenvalue weighted by molar-refractivity contribution is 6.00. The third kappa shape index (κ3) is 10.6. The molecule has 1 aromatic carbocycles. The predicted octanol–water partition coefficient (Wildman–Crippen LogP) is 4.17. The molecular weight excluding hydrogens is 494 g/mol. The second kappa shape index (κ2) is 16.6. The molecule has 39 heavy (non-hydrogen) atoms. The number of carbonyl (C=O) groups excluding carboxylic acids is 3. The fourth-order valence-electron chi connectivity index (χ4n) is 4.80. The van der Waals surface area contributed by atoms with Crippen LogP contribution in [0, 0.1) is 30.6 Å². The van der Waals surface area contributed by atoms with Gasteiger partial charge in [-0.25, -0.2) is 0 Å². The smallest absolute Gasteiger partial charge is 0.253 e. The van der Waals surface area contributed by atoms with Gasteiger partial charge >= 0.3 is 0 Å². The van der Waals surface area contributed by atoms with E-state index in [1.54, 1.807) is 30.0 Å². The Kier molecular flexibility index (Phi) is 14.7. The average molecular weight is 548 g/mol. The number of hydrogen-bond donors (Lipinski definition) is 4. The van der Waals surface area contributed by atoms with Crippen molar-refractivity contribution in [1.29, 1.82) is 0 Å². The summed E-state index contributed by atoms with van der Waals surface area (Å²) < 4.78 is 0. The van der Waals surface area contributed by atoms with Crippen molar-refractivity contribution in [3.05, 3.63) is 34.9 Å². The van der Waals surface area contributed by atoms with E-state index in [0.29, 0.717) is 42.7 Å². The zero-order valence-corrected chi connectivity index (χ0v) is 25.6. The lowest BCUT2D eigenvalue weighted by molar-refractivity contribution is -0.136. The first kappa shape index (κ1) is 34.6. The lowest BCUT2D eigenvalue weighted by Crippen LogP contribution is -2.54. The molecule has 0 radical (unpaired) electrons. The van der Waals surface area contributed by atoms with Crippen LogP contribution in [0.25, 0.3) is 0 Å². The Morgan fingerprint density at radius 2 is 1.49 bits per heavy atom. The molecule has 0 unspecified atom stereocenters. The molecule has 1 rings (SSSR count). The number of rotatable bonds is 16. The molecule has 0 spiro atoms. The second-order valence-electron chi connectivity index (χ2n) is 11.9. The van der Waals surface area contributed by atoms with Crippen molar-refractivity contribution >= 4 is 17.7 Å². The third-order valence-corrected chi connectivity index (χ3v) is 6.88. The van der Waals surface area contributed by atoms with E-state index in [0.717, 1.165) is 12.8 Å². The summed E-state index contributed by atoms with van der Waals surface area (Å²) in [5.41, 5.74) is 1.49. The topological polar surface area (TPSA) is 119 Å². The molecule has 4 N–H and O–H groups in total. The largest absolute Gasteiger partial charge is 0.390 e. The van der Waals surface area contributed by atoms with E-state index in [1.807, 2.05) is 55.4 Å². The number of hydrogen-bond acceptors (Lipinski definition) is 5. The first-order valence-electron chi connectivity index (χ1n) is 14.6. The van der Waals surface area contributed by atoms with Crippen LogP contribution in [0.3, 0.4) is 0 Å². The number of aryl methyl sites for hydroxylation is 1. The van der Waals surface area contributed by atoms with Crippen LogP contribution in [0.1, 0.15) is 101 Å². The van der Waals surface area contributed by atoms with Gasteiger partial charge in [-0.15, -0.1) is 0 Å². The van der Waals surface area contributed by atoms with Crippen LogP contribution in [-0.4, -0.2) is 70.7 Å². The van der Waals surface area contributed by atoms with Gasteiger partial charge in [0.2, 0.25) is 5.91 Å². The van der Waals surface area contributed by atoms with Crippen LogP contribution in [0.4, 0.5) is 0 Å². The van der Waals surface area contributed by atoms with Crippen LogP contribution in [0.2, 0.25) is 0 Å². The van der Waals surface area contributed by atoms with E-state index in [-0.39, 0.29) is 29.6 Å². The maximum absolute atomic E-state index is 13.5. The molecule has 0 fully saturated rings. The van der Waals surface area contributed by atoms with E-state index < -0.39 is 30.1 Å². The van der Waals surface area contributed by atoms with Gasteiger partial charge in [0, 0.05) is 30.8 Å². The fraction of sp³-hybridized carbons (Fsp3) is 0.710. The number of carbonyl (C=O) groups is 3. The minimum absolute atomic E-state index is 0.107. The van der Waals surface area contributed by atoms with Crippen LogP contribution >= 0.6 is 0 Å². The summed E-state index contributed by atoms with van der Waals surface area (Å²) in [6.45, 7) is 19.2. The van der Waals surface area contributed by atoms with Crippen molar-refractivity contribution in [1.82, 2.24) is 15.5 Å².